The Labute approximate surface area is 137 Å². The topological polar surface area (TPSA) is 137 Å². The van der Waals surface area contributed by atoms with E-state index in [2.05, 4.69) is 15.3 Å². The number of nitrogens with one attached hydrogen (secondary N) is 1. The van der Waals surface area contributed by atoms with Crippen LogP contribution in [0.2, 0.25) is 0 Å². The van der Waals surface area contributed by atoms with Gasteiger partial charge in [-0.05, 0) is 17.7 Å². The van der Waals surface area contributed by atoms with E-state index in [-0.39, 0.29) is 19.0 Å². The first-order valence-electron chi connectivity index (χ1n) is 7.03. The van der Waals surface area contributed by atoms with E-state index >= 15 is 0 Å². The van der Waals surface area contributed by atoms with E-state index in [9.17, 15) is 9.59 Å². The highest BCUT2D eigenvalue weighted by atomic mass is 16.5. The summed E-state index contributed by atoms with van der Waals surface area (Å²) in [5.41, 5.74) is 9.20. The molecule has 24 heavy (non-hydrogen) atoms. The largest absolute Gasteiger partial charge is 0.497 e. The first-order chi connectivity index (χ1) is 11.5. The van der Waals surface area contributed by atoms with Crippen LogP contribution in [0.1, 0.15) is 5.56 Å². The van der Waals surface area contributed by atoms with Crippen molar-refractivity contribution in [1.29, 1.82) is 0 Å². The molecule has 2 unspecified atom stereocenters. The Bertz CT molecular complexity index is 688. The molecule has 0 radical (unpaired) electrons. The predicted molar refractivity (Wildman–Crippen MR) is 82.8 cm³/mol. The average molecular weight is 335 g/mol. The van der Waals surface area contributed by atoms with Gasteiger partial charge in [-0.2, -0.15) is 0 Å². The van der Waals surface area contributed by atoms with Crippen LogP contribution in [0.5, 0.6) is 11.5 Å². The highest BCUT2D eigenvalue weighted by molar-refractivity contribution is 5.92. The third kappa shape index (κ3) is 3.44. The van der Waals surface area contributed by atoms with Gasteiger partial charge in [-0.1, -0.05) is 5.11 Å². The minimum atomic E-state index is -1.30. The molecule has 10 heteroatoms. The zero-order valence-electron chi connectivity index (χ0n) is 13.2. The summed E-state index contributed by atoms with van der Waals surface area (Å²) in [7, 11) is 3.04. The Morgan fingerprint density at radius 2 is 2.21 bits per heavy atom. The lowest BCUT2D eigenvalue weighted by molar-refractivity contribution is -0.151. The van der Waals surface area contributed by atoms with Gasteiger partial charge in [0.1, 0.15) is 17.5 Å². The van der Waals surface area contributed by atoms with Gasteiger partial charge in [0.2, 0.25) is 5.91 Å². The number of nitrogens with zero attached hydrogens (tertiary/aromatic N) is 4. The molecule has 1 aromatic rings. The number of carbonyl (C=O) groups is 2. The van der Waals surface area contributed by atoms with E-state index in [1.54, 1.807) is 18.2 Å². The highest BCUT2D eigenvalue weighted by Crippen LogP contribution is 2.30. The molecule has 2 atom stereocenters. The number of likely N-dealkylation sites (tertiary alicyclic amines) is 1. The molecule has 1 heterocycles. The fourth-order valence-electron chi connectivity index (χ4n) is 2.58. The molecule has 1 aliphatic heterocycles. The van der Waals surface area contributed by atoms with E-state index in [1.165, 1.54) is 19.1 Å². The van der Waals surface area contributed by atoms with Gasteiger partial charge in [-0.25, -0.2) is 4.79 Å². The van der Waals surface area contributed by atoms with E-state index in [1.807, 2.05) is 0 Å². The molecule has 2 rings (SSSR count). The first kappa shape index (κ1) is 17.2. The van der Waals surface area contributed by atoms with E-state index in [0.29, 0.717) is 11.5 Å². The Kier molecular flexibility index (Phi) is 5.33. The third-order valence-corrected chi connectivity index (χ3v) is 3.78. The van der Waals surface area contributed by atoms with E-state index in [0.717, 1.165) is 5.56 Å². The van der Waals surface area contributed by atoms with Crippen LogP contribution in [0.4, 0.5) is 4.79 Å². The number of carbonyl (C=O) groups excluding carboxylic acids is 1. The van der Waals surface area contributed by atoms with Gasteiger partial charge in [0.05, 0.1) is 20.3 Å². The monoisotopic (exact) mass is 335 g/mol. The van der Waals surface area contributed by atoms with E-state index < -0.39 is 18.2 Å². The van der Waals surface area contributed by atoms with Crippen LogP contribution in [0.25, 0.3) is 10.4 Å². The quantitative estimate of drug-likeness (QED) is 0.335. The van der Waals surface area contributed by atoms with Gasteiger partial charge in [0.15, 0.2) is 0 Å². The molecule has 0 spiro atoms. The molecule has 1 aliphatic rings. The molecular weight excluding hydrogens is 318 g/mol. The number of β-lactam (4-membered cyclic amide) rings is 1. The molecule has 0 aliphatic carbocycles. The lowest BCUT2D eigenvalue weighted by atomic mass is 9.94. The minimum Gasteiger partial charge on any atom is -0.497 e. The first-order valence-corrected chi connectivity index (χ1v) is 7.03. The number of ether oxygens (including phenoxy) is 2. The maximum Gasteiger partial charge on any atom is 0.405 e. The van der Waals surface area contributed by atoms with Crippen molar-refractivity contribution >= 4 is 12.0 Å². The molecule has 128 valence electrons. The van der Waals surface area contributed by atoms with Crippen LogP contribution in [0, 0.1) is 0 Å². The Morgan fingerprint density at radius 1 is 1.46 bits per heavy atom. The summed E-state index contributed by atoms with van der Waals surface area (Å²) in [6.07, 6.45) is -1.30. The average Bonchev–Trinajstić information content (AvgIpc) is 2.59. The molecule has 1 saturated heterocycles. The predicted octanol–water partition coefficient (Wildman–Crippen LogP) is 1.36. The smallest absolute Gasteiger partial charge is 0.405 e. The summed E-state index contributed by atoms with van der Waals surface area (Å²) in [6.45, 7) is 0.182. The van der Waals surface area contributed by atoms with Gasteiger partial charge >= 0.3 is 6.09 Å². The Hall–Kier alpha value is -3.13. The normalized spacial score (nSPS) is 19.1. The molecule has 2 N–H and O–H groups in total. The molecule has 0 bridgehead atoms. The number of amides is 2. The molecule has 0 aromatic heterocycles. The molecule has 10 nitrogen and oxygen atoms in total. The zero-order valence-corrected chi connectivity index (χ0v) is 13.2. The minimum absolute atomic E-state index is 0.0222. The van der Waals surface area contributed by atoms with Gasteiger partial charge in [-0.15, -0.1) is 0 Å². The van der Waals surface area contributed by atoms with Crippen molar-refractivity contribution in [3.63, 3.8) is 0 Å². The SMILES string of the molecule is COc1ccc(CN2C(=O)C(NC(=O)O)C2CN=[N+]=[N-])c(OC)c1. The second kappa shape index (κ2) is 7.42. The van der Waals surface area contributed by atoms with Gasteiger partial charge in [-0.3, -0.25) is 4.79 Å². The summed E-state index contributed by atoms with van der Waals surface area (Å²) in [5, 5.41) is 14.4. The van der Waals surface area contributed by atoms with Crippen molar-refractivity contribution in [1.82, 2.24) is 10.2 Å². The van der Waals surface area contributed by atoms with Crippen LogP contribution < -0.4 is 14.8 Å². The van der Waals surface area contributed by atoms with Crippen LogP contribution >= 0.6 is 0 Å². The highest BCUT2D eigenvalue weighted by Gasteiger charge is 2.47. The maximum atomic E-state index is 12.2. The number of hydrogen-bond acceptors (Lipinski definition) is 5. The van der Waals surface area contributed by atoms with Gasteiger partial charge in [0, 0.05) is 29.6 Å². The molecule has 0 saturated carbocycles. The van der Waals surface area contributed by atoms with Crippen LogP contribution in [0.3, 0.4) is 0 Å². The van der Waals surface area contributed by atoms with Crippen molar-refractivity contribution in [3.8, 4) is 11.5 Å². The fraction of sp³-hybridized carbons (Fsp3) is 0.429. The Balaban J connectivity index is 2.19. The number of methoxy groups -OCH3 is 2. The van der Waals surface area contributed by atoms with Gasteiger partial charge < -0.3 is 24.8 Å². The second-order valence-corrected chi connectivity index (χ2v) is 5.05. The summed E-state index contributed by atoms with van der Waals surface area (Å²) in [6, 6.07) is 3.72. The second-order valence-electron chi connectivity index (χ2n) is 5.05. The number of hydrogen-bond donors (Lipinski definition) is 2. The summed E-state index contributed by atoms with van der Waals surface area (Å²) < 4.78 is 10.4. The van der Waals surface area contributed by atoms with Crippen molar-refractivity contribution in [3.05, 3.63) is 34.2 Å². The zero-order chi connectivity index (χ0) is 17.7. The van der Waals surface area contributed by atoms with E-state index in [4.69, 9.17) is 20.1 Å². The third-order valence-electron chi connectivity index (χ3n) is 3.78. The van der Waals surface area contributed by atoms with Gasteiger partial charge in [0.25, 0.3) is 0 Å². The van der Waals surface area contributed by atoms with Crippen molar-refractivity contribution < 1.29 is 24.2 Å². The maximum absolute atomic E-state index is 12.2. The summed E-state index contributed by atoms with van der Waals surface area (Å²) in [5.74, 6) is 0.773. The Morgan fingerprint density at radius 3 is 2.79 bits per heavy atom. The fourth-order valence-corrected chi connectivity index (χ4v) is 2.58. The molecule has 1 aromatic carbocycles. The molecule has 2 amide bonds. The van der Waals surface area contributed by atoms with Crippen molar-refractivity contribution in [2.75, 3.05) is 20.8 Å². The number of rotatable bonds is 7. The summed E-state index contributed by atoms with van der Waals surface area (Å²) >= 11 is 0. The number of azide groups is 1. The number of benzene rings is 1. The standard InChI is InChI=1S/C14H17N5O5/c1-23-9-4-3-8(11(5-9)24-2)7-19-10(6-16-18-15)12(13(19)20)17-14(21)22/h3-5,10,12,17H,6-7H2,1-2H3,(H,21,22). The summed E-state index contributed by atoms with van der Waals surface area (Å²) in [4.78, 5) is 27.1. The lowest BCUT2D eigenvalue weighted by Gasteiger charge is -2.46. The van der Waals surface area contributed by atoms with Crippen molar-refractivity contribution in [2.45, 2.75) is 18.6 Å². The lowest BCUT2D eigenvalue weighted by Crippen LogP contribution is -2.71. The van der Waals surface area contributed by atoms with Crippen LogP contribution in [-0.2, 0) is 11.3 Å². The van der Waals surface area contributed by atoms with Crippen LogP contribution in [0.15, 0.2) is 23.3 Å². The van der Waals surface area contributed by atoms with Crippen molar-refractivity contribution in [2.24, 2.45) is 5.11 Å². The molecule has 1 fully saturated rings. The van der Waals surface area contributed by atoms with Crippen LogP contribution in [-0.4, -0.2) is 54.9 Å². The molecular formula is C14H17N5O5. The number of carboxylic acid groups (broad SMARTS) is 1.